The minimum atomic E-state index is -1.26. The van der Waals surface area contributed by atoms with E-state index in [1.165, 1.54) is 30.0 Å². The first-order chi connectivity index (χ1) is 9.94. The van der Waals surface area contributed by atoms with Gasteiger partial charge < -0.3 is 10.4 Å². The average Bonchev–Trinajstić information content (AvgIpc) is 2.88. The van der Waals surface area contributed by atoms with Crippen molar-refractivity contribution in [2.75, 3.05) is 11.5 Å². The van der Waals surface area contributed by atoms with Crippen LogP contribution in [0, 0.1) is 10.1 Å². The molecule has 1 heterocycles. The Kier molecular flexibility index (Phi) is 4.46. The molecule has 1 aliphatic rings. The van der Waals surface area contributed by atoms with Crippen LogP contribution in [0.25, 0.3) is 0 Å². The Balaban J connectivity index is 2.12. The molecule has 21 heavy (non-hydrogen) atoms. The molecule has 1 saturated heterocycles. The number of carbonyl (C=O) groups is 2. The lowest BCUT2D eigenvalue weighted by Crippen LogP contribution is -2.55. The van der Waals surface area contributed by atoms with E-state index in [4.69, 9.17) is 0 Å². The molecule has 2 N–H and O–H groups in total. The van der Waals surface area contributed by atoms with E-state index in [-0.39, 0.29) is 17.7 Å². The molecule has 1 unspecified atom stereocenters. The van der Waals surface area contributed by atoms with E-state index in [1.54, 1.807) is 6.07 Å². The van der Waals surface area contributed by atoms with Crippen molar-refractivity contribution < 1.29 is 19.6 Å². The second kappa shape index (κ2) is 6.13. The Morgan fingerprint density at radius 3 is 2.71 bits per heavy atom. The number of nitrogens with zero attached hydrogens (tertiary/aromatic N) is 1. The topological polar surface area (TPSA) is 110 Å². The second-order valence-electron chi connectivity index (χ2n) is 4.80. The number of amides is 1. The molecule has 1 aromatic rings. The van der Waals surface area contributed by atoms with Crippen LogP contribution < -0.4 is 5.32 Å². The van der Waals surface area contributed by atoms with Gasteiger partial charge in [0.1, 0.15) is 5.54 Å². The molecule has 2 rings (SSSR count). The minimum absolute atomic E-state index is 0.141. The van der Waals surface area contributed by atoms with Gasteiger partial charge in [0, 0.05) is 17.4 Å². The summed E-state index contributed by atoms with van der Waals surface area (Å²) in [4.78, 5) is 33.7. The third kappa shape index (κ3) is 3.33. The zero-order valence-corrected chi connectivity index (χ0v) is 11.9. The summed E-state index contributed by atoms with van der Waals surface area (Å²) >= 11 is 1.46. The van der Waals surface area contributed by atoms with E-state index in [1.807, 2.05) is 0 Å². The summed E-state index contributed by atoms with van der Waals surface area (Å²) in [6.45, 7) is 0. The Hall–Kier alpha value is -2.09. The van der Waals surface area contributed by atoms with Gasteiger partial charge in [-0.25, -0.2) is 4.79 Å². The summed E-state index contributed by atoms with van der Waals surface area (Å²) in [5, 5.41) is 22.7. The Morgan fingerprint density at radius 1 is 1.43 bits per heavy atom. The summed E-state index contributed by atoms with van der Waals surface area (Å²) in [5.41, 5.74) is -1.13. The number of hydrogen-bond acceptors (Lipinski definition) is 5. The first kappa shape index (κ1) is 15.3. The maximum atomic E-state index is 12.0. The van der Waals surface area contributed by atoms with Crippen LogP contribution in [0.15, 0.2) is 24.3 Å². The Bertz CT molecular complexity index is 584. The van der Waals surface area contributed by atoms with Crippen LogP contribution in [0.1, 0.15) is 12.0 Å². The van der Waals surface area contributed by atoms with E-state index < -0.39 is 22.3 Å². The summed E-state index contributed by atoms with van der Waals surface area (Å²) in [7, 11) is 0. The number of para-hydroxylation sites is 1. The van der Waals surface area contributed by atoms with Gasteiger partial charge in [-0.1, -0.05) is 18.2 Å². The monoisotopic (exact) mass is 310 g/mol. The largest absolute Gasteiger partial charge is 0.479 e. The maximum absolute atomic E-state index is 12.0. The van der Waals surface area contributed by atoms with E-state index in [2.05, 4.69) is 5.32 Å². The van der Waals surface area contributed by atoms with Gasteiger partial charge in [0.25, 0.3) is 5.69 Å². The number of nitrogens with one attached hydrogen (secondary N) is 1. The van der Waals surface area contributed by atoms with Crippen LogP contribution in [0.4, 0.5) is 5.69 Å². The van der Waals surface area contributed by atoms with Crippen molar-refractivity contribution in [3.05, 3.63) is 39.9 Å². The van der Waals surface area contributed by atoms with Crippen LogP contribution in [-0.4, -0.2) is 39.0 Å². The summed E-state index contributed by atoms with van der Waals surface area (Å²) < 4.78 is 0. The number of rotatable bonds is 5. The van der Waals surface area contributed by atoms with Crippen LogP contribution in [0.2, 0.25) is 0 Å². The van der Waals surface area contributed by atoms with Crippen LogP contribution >= 0.6 is 11.8 Å². The number of thioether (sulfide) groups is 1. The predicted molar refractivity (Wildman–Crippen MR) is 77.3 cm³/mol. The number of hydrogen-bond donors (Lipinski definition) is 2. The van der Waals surface area contributed by atoms with Crippen molar-refractivity contribution in [2.24, 2.45) is 0 Å². The number of nitro benzene ring substituents is 1. The highest BCUT2D eigenvalue weighted by Crippen LogP contribution is 2.28. The molecule has 1 fully saturated rings. The van der Waals surface area contributed by atoms with E-state index in [0.717, 1.165) is 0 Å². The molecule has 0 radical (unpaired) electrons. The quantitative estimate of drug-likeness (QED) is 0.625. The fraction of sp³-hybridized carbons (Fsp3) is 0.385. The van der Waals surface area contributed by atoms with Gasteiger partial charge in [0.15, 0.2) is 0 Å². The van der Waals surface area contributed by atoms with Crippen LogP contribution in [0.3, 0.4) is 0 Å². The van der Waals surface area contributed by atoms with Gasteiger partial charge in [-0.2, -0.15) is 11.8 Å². The summed E-state index contributed by atoms with van der Waals surface area (Å²) in [5.74, 6) is -0.610. The molecule has 0 aliphatic carbocycles. The standard InChI is InChI=1S/C13H14N2O5S/c16-11(14-13(12(17)18)5-6-21-8-13)7-9-3-1-2-4-10(9)15(19)20/h1-4H,5-8H2,(H,14,16)(H,17,18). The lowest BCUT2D eigenvalue weighted by Gasteiger charge is -2.24. The van der Waals surface area contributed by atoms with E-state index in [0.29, 0.717) is 17.9 Å². The van der Waals surface area contributed by atoms with Crippen molar-refractivity contribution in [3.63, 3.8) is 0 Å². The number of aliphatic carboxylic acids is 1. The zero-order chi connectivity index (χ0) is 15.5. The number of carboxylic acids is 1. The first-order valence-electron chi connectivity index (χ1n) is 6.29. The Labute approximate surface area is 124 Å². The fourth-order valence-corrected chi connectivity index (χ4v) is 3.53. The van der Waals surface area contributed by atoms with Gasteiger partial charge >= 0.3 is 5.97 Å². The minimum Gasteiger partial charge on any atom is -0.479 e. The van der Waals surface area contributed by atoms with Crippen molar-refractivity contribution in [1.29, 1.82) is 0 Å². The second-order valence-corrected chi connectivity index (χ2v) is 5.91. The molecule has 8 heteroatoms. The third-order valence-electron chi connectivity index (χ3n) is 3.35. The van der Waals surface area contributed by atoms with Gasteiger partial charge in [0.2, 0.25) is 5.91 Å². The SMILES string of the molecule is O=C(Cc1ccccc1[N+](=O)[O-])NC1(C(=O)O)CCSC1. The molecule has 0 spiro atoms. The highest BCUT2D eigenvalue weighted by molar-refractivity contribution is 7.99. The molecule has 1 atom stereocenters. The number of carboxylic acid groups (broad SMARTS) is 1. The van der Waals surface area contributed by atoms with Crippen molar-refractivity contribution >= 4 is 29.3 Å². The zero-order valence-electron chi connectivity index (χ0n) is 11.1. The van der Waals surface area contributed by atoms with Crippen molar-refractivity contribution in [1.82, 2.24) is 5.32 Å². The molecular formula is C13H14N2O5S. The highest BCUT2D eigenvalue weighted by atomic mass is 32.2. The molecule has 0 aromatic heterocycles. The smallest absolute Gasteiger partial charge is 0.330 e. The molecular weight excluding hydrogens is 296 g/mol. The number of benzene rings is 1. The first-order valence-corrected chi connectivity index (χ1v) is 7.44. The van der Waals surface area contributed by atoms with Crippen LogP contribution in [-0.2, 0) is 16.0 Å². The molecule has 7 nitrogen and oxygen atoms in total. The van der Waals surface area contributed by atoms with Crippen LogP contribution in [0.5, 0.6) is 0 Å². The maximum Gasteiger partial charge on any atom is 0.330 e. The summed E-state index contributed by atoms with van der Waals surface area (Å²) in [6, 6.07) is 5.94. The van der Waals surface area contributed by atoms with Gasteiger partial charge in [0.05, 0.1) is 11.3 Å². The molecule has 112 valence electrons. The van der Waals surface area contributed by atoms with E-state index in [9.17, 15) is 24.8 Å². The number of carbonyl (C=O) groups excluding carboxylic acids is 1. The third-order valence-corrected chi connectivity index (χ3v) is 4.54. The fourth-order valence-electron chi connectivity index (χ4n) is 2.21. The van der Waals surface area contributed by atoms with E-state index >= 15 is 0 Å². The Morgan fingerprint density at radius 2 is 2.14 bits per heavy atom. The predicted octanol–water partition coefficient (Wildman–Crippen LogP) is 1.21. The molecule has 1 aromatic carbocycles. The lowest BCUT2D eigenvalue weighted by molar-refractivity contribution is -0.385. The van der Waals surface area contributed by atoms with Gasteiger partial charge in [-0.15, -0.1) is 0 Å². The molecule has 0 bridgehead atoms. The normalized spacial score (nSPS) is 21.0. The lowest BCUT2D eigenvalue weighted by atomic mass is 9.98. The molecule has 1 amide bonds. The van der Waals surface area contributed by atoms with Crippen molar-refractivity contribution in [2.45, 2.75) is 18.4 Å². The van der Waals surface area contributed by atoms with Crippen molar-refractivity contribution in [3.8, 4) is 0 Å². The van der Waals surface area contributed by atoms with Gasteiger partial charge in [-0.05, 0) is 12.2 Å². The average molecular weight is 310 g/mol. The van der Waals surface area contributed by atoms with Gasteiger partial charge in [-0.3, -0.25) is 14.9 Å². The number of nitro groups is 1. The molecule has 1 aliphatic heterocycles. The highest BCUT2D eigenvalue weighted by Gasteiger charge is 2.43. The molecule has 0 saturated carbocycles. The summed E-state index contributed by atoms with van der Waals surface area (Å²) in [6.07, 6.45) is 0.145.